The Kier molecular flexibility index (Phi) is 4.35. The molecule has 0 bridgehead atoms. The highest BCUT2D eigenvalue weighted by atomic mass is 16.5. The van der Waals surface area contributed by atoms with Crippen LogP contribution in [0.5, 0.6) is 0 Å². The van der Waals surface area contributed by atoms with Crippen LogP contribution in [0.15, 0.2) is 34.4 Å². The van der Waals surface area contributed by atoms with Gasteiger partial charge in [0.25, 0.3) is 0 Å². The first-order chi connectivity index (χ1) is 11.9. The lowest BCUT2D eigenvalue weighted by Crippen LogP contribution is -2.27. The Morgan fingerprint density at radius 3 is 2.76 bits per heavy atom. The SMILES string of the molecule is CC(=O)OCC1=C2CC(C#N)(C#N)C3=CC[C@H](C)C[C@H]3C=C2CC1=O. The molecule has 0 aliphatic heterocycles. The van der Waals surface area contributed by atoms with Crippen LogP contribution in [0.2, 0.25) is 0 Å². The average molecular weight is 336 g/mol. The van der Waals surface area contributed by atoms with Gasteiger partial charge in [-0.2, -0.15) is 10.5 Å². The number of nitriles is 2. The van der Waals surface area contributed by atoms with E-state index < -0.39 is 11.4 Å². The first-order valence-corrected chi connectivity index (χ1v) is 8.53. The molecule has 0 aromatic rings. The van der Waals surface area contributed by atoms with Crippen LogP contribution in [-0.2, 0) is 14.3 Å². The molecule has 5 nitrogen and oxygen atoms in total. The molecule has 3 aliphatic rings. The lowest BCUT2D eigenvalue weighted by atomic mass is 9.69. The van der Waals surface area contributed by atoms with E-state index in [-0.39, 0.29) is 31.1 Å². The number of fused-ring (bicyclic) bond motifs is 2. The lowest BCUT2D eigenvalue weighted by Gasteiger charge is -2.31. The maximum atomic E-state index is 12.4. The van der Waals surface area contributed by atoms with Crippen molar-refractivity contribution >= 4 is 11.8 Å². The number of carbonyl (C=O) groups excluding carboxylic acids is 2. The van der Waals surface area contributed by atoms with Gasteiger partial charge in [-0.15, -0.1) is 0 Å². The molecule has 25 heavy (non-hydrogen) atoms. The van der Waals surface area contributed by atoms with Crippen LogP contribution in [-0.4, -0.2) is 18.4 Å². The summed E-state index contributed by atoms with van der Waals surface area (Å²) < 4.78 is 5.03. The van der Waals surface area contributed by atoms with E-state index in [1.165, 1.54) is 6.92 Å². The van der Waals surface area contributed by atoms with Crippen LogP contribution >= 0.6 is 0 Å². The highest BCUT2D eigenvalue weighted by Gasteiger charge is 2.46. The Labute approximate surface area is 147 Å². The molecule has 0 spiro atoms. The molecule has 128 valence electrons. The number of rotatable bonds is 2. The van der Waals surface area contributed by atoms with Crippen LogP contribution < -0.4 is 0 Å². The molecule has 2 atom stereocenters. The minimum atomic E-state index is -1.26. The molecule has 0 saturated heterocycles. The summed E-state index contributed by atoms with van der Waals surface area (Å²) in [6.45, 7) is 3.36. The normalized spacial score (nSPS) is 27.1. The number of ether oxygens (including phenoxy) is 1. The van der Waals surface area contributed by atoms with Gasteiger partial charge in [-0.25, -0.2) is 0 Å². The van der Waals surface area contributed by atoms with Crippen molar-refractivity contribution in [1.29, 1.82) is 10.5 Å². The van der Waals surface area contributed by atoms with Gasteiger partial charge in [-0.05, 0) is 35.5 Å². The van der Waals surface area contributed by atoms with E-state index >= 15 is 0 Å². The Bertz CT molecular complexity index is 803. The molecule has 0 saturated carbocycles. The summed E-state index contributed by atoms with van der Waals surface area (Å²) in [5.41, 5.74) is 1.65. The fourth-order valence-electron chi connectivity index (χ4n) is 4.10. The topological polar surface area (TPSA) is 90.9 Å². The van der Waals surface area contributed by atoms with Crippen molar-refractivity contribution in [1.82, 2.24) is 0 Å². The molecule has 0 aromatic heterocycles. The van der Waals surface area contributed by atoms with Crippen molar-refractivity contribution < 1.29 is 14.3 Å². The predicted octanol–water partition coefficient (Wildman–Crippen LogP) is 3.16. The maximum Gasteiger partial charge on any atom is 0.302 e. The third-order valence-corrected chi connectivity index (χ3v) is 5.37. The zero-order chi connectivity index (χ0) is 18.2. The predicted molar refractivity (Wildman–Crippen MR) is 89.6 cm³/mol. The number of Topliss-reactive ketones (excluding diaryl/α,β-unsaturated/α-hetero) is 1. The van der Waals surface area contributed by atoms with Crippen LogP contribution in [0, 0.1) is 39.9 Å². The van der Waals surface area contributed by atoms with Gasteiger partial charge in [0, 0.05) is 31.3 Å². The van der Waals surface area contributed by atoms with Crippen molar-refractivity contribution in [3.8, 4) is 12.1 Å². The van der Waals surface area contributed by atoms with Gasteiger partial charge in [0.1, 0.15) is 6.61 Å². The zero-order valence-electron chi connectivity index (χ0n) is 14.5. The van der Waals surface area contributed by atoms with Crippen LogP contribution in [0.1, 0.15) is 39.5 Å². The average Bonchev–Trinajstić information content (AvgIpc) is 2.78. The third kappa shape index (κ3) is 2.91. The number of esters is 1. The quantitative estimate of drug-likeness (QED) is 0.570. The number of hydrogen-bond donors (Lipinski definition) is 0. The largest absolute Gasteiger partial charge is 0.461 e. The summed E-state index contributed by atoms with van der Waals surface area (Å²) in [4.78, 5) is 23.5. The first kappa shape index (κ1) is 17.2. The number of hydrogen-bond acceptors (Lipinski definition) is 5. The number of carbonyl (C=O) groups is 2. The number of allylic oxidation sites excluding steroid dienone is 5. The second-order valence-electron chi connectivity index (χ2n) is 7.18. The van der Waals surface area contributed by atoms with Crippen LogP contribution in [0.4, 0.5) is 0 Å². The summed E-state index contributed by atoms with van der Waals surface area (Å²) >= 11 is 0. The Morgan fingerprint density at radius 1 is 1.40 bits per heavy atom. The minimum Gasteiger partial charge on any atom is -0.461 e. The standard InChI is InChI=1S/C20H20N2O3/c1-12-3-4-18-15(5-12)6-14-7-19(24)17(9-25-13(2)23)16(14)8-20(18,10-21)11-22/h4,6,12,15H,3,5,7-9H2,1-2H3/t12-,15-/m0/s1. The molecule has 3 aliphatic carbocycles. The van der Waals surface area contributed by atoms with Crippen molar-refractivity contribution in [3.05, 3.63) is 34.4 Å². The summed E-state index contributed by atoms with van der Waals surface area (Å²) in [6, 6.07) is 4.44. The molecular formula is C20H20N2O3. The monoisotopic (exact) mass is 336 g/mol. The van der Waals surface area contributed by atoms with Crippen molar-refractivity contribution in [3.63, 3.8) is 0 Å². The van der Waals surface area contributed by atoms with E-state index in [0.717, 1.165) is 29.6 Å². The first-order valence-electron chi connectivity index (χ1n) is 8.53. The third-order valence-electron chi connectivity index (χ3n) is 5.37. The highest BCUT2D eigenvalue weighted by molar-refractivity contribution is 6.03. The minimum absolute atomic E-state index is 0.0106. The van der Waals surface area contributed by atoms with E-state index in [9.17, 15) is 20.1 Å². The van der Waals surface area contributed by atoms with Gasteiger partial charge in [-0.3, -0.25) is 9.59 Å². The highest BCUT2D eigenvalue weighted by Crippen LogP contribution is 2.50. The molecule has 0 radical (unpaired) electrons. The van der Waals surface area contributed by atoms with Crippen LogP contribution in [0.25, 0.3) is 0 Å². The van der Waals surface area contributed by atoms with Gasteiger partial charge >= 0.3 is 5.97 Å². The molecular weight excluding hydrogens is 316 g/mol. The van der Waals surface area contributed by atoms with Crippen molar-refractivity contribution in [2.24, 2.45) is 17.3 Å². The fourth-order valence-corrected chi connectivity index (χ4v) is 4.10. The van der Waals surface area contributed by atoms with E-state index in [4.69, 9.17) is 4.74 Å². The smallest absolute Gasteiger partial charge is 0.302 e. The molecule has 0 N–H and O–H groups in total. The fraction of sp³-hybridized carbons (Fsp3) is 0.500. The molecule has 0 aromatic carbocycles. The summed E-state index contributed by atoms with van der Waals surface area (Å²) in [7, 11) is 0. The van der Waals surface area contributed by atoms with Gasteiger partial charge in [0.15, 0.2) is 11.2 Å². The second kappa shape index (κ2) is 6.33. The van der Waals surface area contributed by atoms with Gasteiger partial charge < -0.3 is 4.74 Å². The van der Waals surface area contributed by atoms with E-state index in [2.05, 4.69) is 25.1 Å². The van der Waals surface area contributed by atoms with Gasteiger partial charge in [-0.1, -0.05) is 19.1 Å². The lowest BCUT2D eigenvalue weighted by molar-refractivity contribution is -0.140. The molecule has 0 unspecified atom stereocenters. The van der Waals surface area contributed by atoms with E-state index in [1.54, 1.807) is 0 Å². The van der Waals surface area contributed by atoms with Crippen molar-refractivity contribution in [2.75, 3.05) is 6.61 Å². The number of ketones is 1. The number of nitrogens with zero attached hydrogens (tertiary/aromatic N) is 2. The molecule has 5 heteroatoms. The Morgan fingerprint density at radius 2 is 2.12 bits per heavy atom. The summed E-state index contributed by atoms with van der Waals surface area (Å²) in [5.74, 6) is -0.0483. The Hall–Kier alpha value is -2.66. The Balaban J connectivity index is 2.12. The van der Waals surface area contributed by atoms with Crippen LogP contribution in [0.3, 0.4) is 0 Å². The molecule has 3 rings (SSSR count). The second-order valence-corrected chi connectivity index (χ2v) is 7.18. The summed E-state index contributed by atoms with van der Waals surface area (Å²) in [6.07, 6.45) is 6.28. The molecule has 0 fully saturated rings. The maximum absolute atomic E-state index is 12.4. The zero-order valence-corrected chi connectivity index (χ0v) is 14.5. The molecule has 0 amide bonds. The summed E-state index contributed by atoms with van der Waals surface area (Å²) in [5, 5.41) is 19.7. The van der Waals surface area contributed by atoms with Crippen molar-refractivity contribution in [2.45, 2.75) is 39.5 Å². The van der Waals surface area contributed by atoms with Gasteiger partial charge in [0.05, 0.1) is 12.1 Å². The molecule has 0 heterocycles. The van der Waals surface area contributed by atoms with E-state index in [1.807, 2.05) is 6.08 Å². The van der Waals surface area contributed by atoms with Gasteiger partial charge in [0.2, 0.25) is 0 Å². The van der Waals surface area contributed by atoms with E-state index in [0.29, 0.717) is 11.5 Å².